The van der Waals surface area contributed by atoms with E-state index < -0.39 is 65.4 Å². The van der Waals surface area contributed by atoms with E-state index in [1.807, 2.05) is 13.0 Å². The third kappa shape index (κ3) is 8.37. The van der Waals surface area contributed by atoms with Gasteiger partial charge in [-0.3, -0.25) is 10.1 Å². The quantitative estimate of drug-likeness (QED) is 0.187. The number of aliphatic hydroxyl groups excluding tert-OH is 2. The van der Waals surface area contributed by atoms with E-state index in [0.29, 0.717) is 62.7 Å². The van der Waals surface area contributed by atoms with Crippen molar-refractivity contribution in [3.8, 4) is 0 Å². The average molecular weight is 858 g/mol. The summed E-state index contributed by atoms with van der Waals surface area (Å²) >= 11 is 0. The van der Waals surface area contributed by atoms with Gasteiger partial charge in [0.1, 0.15) is 17.9 Å². The topological polar surface area (TPSA) is 184 Å². The van der Waals surface area contributed by atoms with E-state index in [4.69, 9.17) is 43.0 Å². The molecule has 0 aromatic rings. The normalized spacial score (nSPS) is 51.7. The fourth-order valence-electron chi connectivity index (χ4n) is 12.8. The molecule has 3 spiro atoms. The summed E-state index contributed by atoms with van der Waals surface area (Å²) in [5.41, 5.74) is 1.44. The van der Waals surface area contributed by atoms with E-state index in [2.05, 4.69) is 46.5 Å². The molecule has 9 aliphatic heterocycles. The third-order valence-electron chi connectivity index (χ3n) is 15.8. The molecular formula is C47H71NO13. The van der Waals surface area contributed by atoms with Gasteiger partial charge in [-0.25, -0.2) is 0 Å². The number of hydrogen-bond donors (Lipinski definition) is 5. The summed E-state index contributed by atoms with van der Waals surface area (Å²) in [6.45, 7) is 18.5. The monoisotopic (exact) mass is 857 g/mol. The molecule has 342 valence electrons. The Kier molecular flexibility index (Phi) is 11.8. The second-order valence-corrected chi connectivity index (χ2v) is 21.1. The van der Waals surface area contributed by atoms with Gasteiger partial charge in [-0.05, 0) is 61.9 Å². The lowest BCUT2D eigenvalue weighted by Crippen LogP contribution is -2.60. The van der Waals surface area contributed by atoms with E-state index >= 15 is 0 Å². The zero-order chi connectivity index (χ0) is 43.3. The van der Waals surface area contributed by atoms with Crippen LogP contribution in [0.2, 0.25) is 0 Å². The number of piperidine rings is 1. The SMILES string of the molecule is C=C(C[C@@]12C[C@@H](C)C[C@@H](O1)[C@H]1O[C@]3(C[C@H]1O2)NC[C@H](C)C[C@@H]3C)[C@H]1O[C@@](O)([C@H](O)[C@@H]2C[C@H]3O[C@@]4(CC[C@]5(CC(C)=C[C@@H](/C=C/C(O)CC(=O)O)O5)O4)[C@H](C)C[C@H]3O2)CC[C@@H]1C. The molecule has 9 aliphatic rings. The van der Waals surface area contributed by atoms with Crippen LogP contribution in [0.15, 0.2) is 36.0 Å². The van der Waals surface area contributed by atoms with Gasteiger partial charge in [-0.1, -0.05) is 65.0 Å². The average Bonchev–Trinajstić information content (AvgIpc) is 3.86. The first kappa shape index (κ1) is 44.4. The van der Waals surface area contributed by atoms with Crippen LogP contribution in [-0.4, -0.2) is 123 Å². The molecule has 9 rings (SSSR count). The van der Waals surface area contributed by atoms with Crippen molar-refractivity contribution < 1.29 is 63.1 Å². The summed E-state index contributed by atoms with van der Waals surface area (Å²) in [5, 5.41) is 47.0. The van der Waals surface area contributed by atoms with Crippen molar-refractivity contribution in [2.24, 2.45) is 29.6 Å². The van der Waals surface area contributed by atoms with E-state index in [9.17, 15) is 20.1 Å². The molecule has 0 aromatic heterocycles. The molecule has 0 saturated carbocycles. The fraction of sp³-hybridized carbons (Fsp3) is 0.851. The number of rotatable bonds is 9. The lowest BCUT2D eigenvalue weighted by atomic mass is 9.79. The fourth-order valence-corrected chi connectivity index (χ4v) is 12.8. The maximum absolute atomic E-state index is 12.2. The van der Waals surface area contributed by atoms with Crippen molar-refractivity contribution in [2.75, 3.05) is 6.54 Å². The Bertz CT molecular complexity index is 1740. The molecule has 0 amide bonds. The molecule has 20 atom stereocenters. The van der Waals surface area contributed by atoms with Gasteiger partial charge < -0.3 is 58.3 Å². The number of ether oxygens (including phenoxy) is 8. The number of carboxylic acids is 1. The van der Waals surface area contributed by atoms with Crippen LogP contribution in [0.4, 0.5) is 0 Å². The highest BCUT2D eigenvalue weighted by Crippen LogP contribution is 2.56. The highest BCUT2D eigenvalue weighted by molar-refractivity contribution is 5.67. The van der Waals surface area contributed by atoms with Crippen LogP contribution >= 0.6 is 0 Å². The van der Waals surface area contributed by atoms with Crippen LogP contribution in [0, 0.1) is 29.6 Å². The van der Waals surface area contributed by atoms with E-state index in [1.54, 1.807) is 6.08 Å². The summed E-state index contributed by atoms with van der Waals surface area (Å²) in [6, 6.07) is 0. The number of hydrogen-bond acceptors (Lipinski definition) is 13. The molecule has 8 saturated heterocycles. The minimum absolute atomic E-state index is 0.0465. The number of aliphatic carboxylic acids is 1. The summed E-state index contributed by atoms with van der Waals surface area (Å²) in [7, 11) is 0. The Morgan fingerprint density at radius 2 is 1.69 bits per heavy atom. The lowest BCUT2D eigenvalue weighted by Gasteiger charge is -2.52. The van der Waals surface area contributed by atoms with Crippen molar-refractivity contribution in [3.05, 3.63) is 36.0 Å². The largest absolute Gasteiger partial charge is 0.481 e. The van der Waals surface area contributed by atoms with E-state index in [1.165, 1.54) is 6.08 Å². The number of fused-ring (bicyclic) bond motifs is 5. The third-order valence-corrected chi connectivity index (χ3v) is 15.8. The summed E-state index contributed by atoms with van der Waals surface area (Å²) in [5.74, 6) is -4.36. The second-order valence-electron chi connectivity index (χ2n) is 21.1. The minimum Gasteiger partial charge on any atom is -0.481 e. The van der Waals surface area contributed by atoms with Crippen LogP contribution in [0.1, 0.15) is 125 Å². The number of nitrogens with one attached hydrogen (secondary N) is 1. The van der Waals surface area contributed by atoms with Crippen LogP contribution in [0.3, 0.4) is 0 Å². The molecule has 61 heavy (non-hydrogen) atoms. The Hall–Kier alpha value is -1.79. The predicted octanol–water partition coefficient (Wildman–Crippen LogP) is 5.37. The van der Waals surface area contributed by atoms with Gasteiger partial charge in [0.25, 0.3) is 0 Å². The van der Waals surface area contributed by atoms with Gasteiger partial charge in [0.05, 0.1) is 55.3 Å². The van der Waals surface area contributed by atoms with Crippen molar-refractivity contribution in [3.63, 3.8) is 0 Å². The zero-order valence-electron chi connectivity index (χ0n) is 37.0. The smallest absolute Gasteiger partial charge is 0.306 e. The van der Waals surface area contributed by atoms with Crippen LogP contribution < -0.4 is 5.32 Å². The summed E-state index contributed by atoms with van der Waals surface area (Å²) < 4.78 is 54.0. The number of carbonyl (C=O) groups is 1. The minimum atomic E-state index is -1.86. The Morgan fingerprint density at radius 3 is 2.46 bits per heavy atom. The molecule has 2 bridgehead atoms. The van der Waals surface area contributed by atoms with Gasteiger partial charge in [-0.15, -0.1) is 0 Å². The molecule has 14 nitrogen and oxygen atoms in total. The van der Waals surface area contributed by atoms with Gasteiger partial charge in [-0.2, -0.15) is 0 Å². The standard InChI is InChI=1S/C47H71NO13/c1-25-15-33(9-8-32(49)18-39(50)51)55-43(20-25)12-13-47(61-43)31(7)17-34-35(58-47)19-37(54-34)42(52)46(53)11-10-28(4)40(60-46)29(5)22-44-21-26(2)16-36(56-44)41-38(57-44)23-45(59-41)30(6)14-27(3)24-48-45/h8-9,15,26-28,30-38,40-42,48-49,52-53H,5,10-14,16-24H2,1-4,6-7H3,(H,50,51)/b9-8+/t26-,27+,28-,30-,31+,32?,33+,34+,35+,36+,37-,38+,40-,41+,42+,43+,44-,45-,46+,47+/m0/s1. The highest BCUT2D eigenvalue weighted by Gasteiger charge is 2.64. The van der Waals surface area contributed by atoms with Crippen molar-refractivity contribution in [1.82, 2.24) is 5.32 Å². The summed E-state index contributed by atoms with van der Waals surface area (Å²) in [4.78, 5) is 11.0. The first-order chi connectivity index (χ1) is 28.8. The summed E-state index contributed by atoms with van der Waals surface area (Å²) in [6.07, 6.45) is 7.09. The molecule has 5 N–H and O–H groups in total. The maximum Gasteiger partial charge on any atom is 0.306 e. The van der Waals surface area contributed by atoms with Gasteiger partial charge in [0, 0.05) is 63.8 Å². The Labute approximate surface area is 360 Å². The zero-order valence-corrected chi connectivity index (χ0v) is 37.0. The van der Waals surface area contributed by atoms with Crippen LogP contribution in [0.25, 0.3) is 0 Å². The number of carboxylic acid groups (broad SMARTS) is 1. The van der Waals surface area contributed by atoms with E-state index in [-0.39, 0.29) is 55.2 Å². The van der Waals surface area contributed by atoms with Gasteiger partial charge in [0.2, 0.25) is 0 Å². The number of aliphatic hydroxyl groups is 3. The van der Waals surface area contributed by atoms with E-state index in [0.717, 1.165) is 43.4 Å². The molecule has 0 radical (unpaired) electrons. The van der Waals surface area contributed by atoms with Crippen LogP contribution in [-0.2, 0) is 42.7 Å². The first-order valence-electron chi connectivity index (χ1n) is 23.3. The molecule has 0 aliphatic carbocycles. The molecule has 1 unspecified atom stereocenters. The molecule has 8 fully saturated rings. The molecular weight excluding hydrogens is 787 g/mol. The van der Waals surface area contributed by atoms with Crippen molar-refractivity contribution in [1.29, 1.82) is 0 Å². The van der Waals surface area contributed by atoms with Crippen molar-refractivity contribution in [2.45, 2.75) is 215 Å². The predicted molar refractivity (Wildman–Crippen MR) is 220 cm³/mol. The Morgan fingerprint density at radius 1 is 0.902 bits per heavy atom. The molecule has 14 heteroatoms. The molecule has 9 heterocycles. The first-order valence-corrected chi connectivity index (χ1v) is 23.3. The second kappa shape index (κ2) is 16.3. The van der Waals surface area contributed by atoms with Crippen LogP contribution in [0.5, 0.6) is 0 Å². The molecule has 0 aromatic carbocycles. The Balaban J connectivity index is 0.836. The van der Waals surface area contributed by atoms with Gasteiger partial charge >= 0.3 is 5.97 Å². The lowest BCUT2D eigenvalue weighted by molar-refractivity contribution is -0.366. The van der Waals surface area contributed by atoms with Gasteiger partial charge in [0.15, 0.2) is 23.1 Å². The highest BCUT2D eigenvalue weighted by atomic mass is 16.8. The maximum atomic E-state index is 12.2. The van der Waals surface area contributed by atoms with Crippen molar-refractivity contribution >= 4 is 5.97 Å².